The van der Waals surface area contributed by atoms with Crippen molar-refractivity contribution < 1.29 is 23.1 Å². The highest BCUT2D eigenvalue weighted by atomic mass is 79.9. The van der Waals surface area contributed by atoms with Gasteiger partial charge in [0.1, 0.15) is 5.75 Å². The van der Waals surface area contributed by atoms with E-state index in [9.17, 15) is 18.4 Å². The maximum Gasteiger partial charge on any atom is 0.387 e. The summed E-state index contributed by atoms with van der Waals surface area (Å²) in [6, 6.07) is 19.8. The van der Waals surface area contributed by atoms with Crippen LogP contribution in [-0.4, -0.2) is 30.4 Å². The summed E-state index contributed by atoms with van der Waals surface area (Å²) >= 11 is 3.35. The lowest BCUT2D eigenvalue weighted by atomic mass is 10.1. The van der Waals surface area contributed by atoms with Gasteiger partial charge in [-0.2, -0.15) is 8.78 Å². The summed E-state index contributed by atoms with van der Waals surface area (Å²) in [5, 5.41) is 2.79. The Morgan fingerprint density at radius 3 is 2.23 bits per heavy atom. The summed E-state index contributed by atoms with van der Waals surface area (Å²) in [6.45, 7) is -2.64. The van der Waals surface area contributed by atoms with Crippen LogP contribution in [0, 0.1) is 0 Å². The third kappa shape index (κ3) is 5.88. The van der Waals surface area contributed by atoms with Gasteiger partial charge in [0.15, 0.2) is 0 Å². The molecule has 0 atom stereocenters. The van der Waals surface area contributed by atoms with Gasteiger partial charge >= 0.3 is 6.61 Å². The number of alkyl halides is 2. The molecule has 0 radical (unpaired) electrons. The van der Waals surface area contributed by atoms with Crippen molar-refractivity contribution in [3.8, 4) is 5.75 Å². The number of carbonyl (C=O) groups is 2. The van der Waals surface area contributed by atoms with Crippen molar-refractivity contribution in [3.05, 3.63) is 94.0 Å². The van der Waals surface area contributed by atoms with Crippen LogP contribution < -0.4 is 10.1 Å². The molecular formula is C23H19BrF2N2O3. The van der Waals surface area contributed by atoms with Crippen LogP contribution in [0.1, 0.15) is 26.3 Å². The number of nitrogens with zero attached hydrogens (tertiary/aromatic N) is 1. The molecule has 0 aliphatic heterocycles. The lowest BCUT2D eigenvalue weighted by molar-refractivity contribution is -0.0498. The van der Waals surface area contributed by atoms with Crippen LogP contribution in [-0.2, 0) is 6.54 Å². The van der Waals surface area contributed by atoms with Crippen LogP contribution in [0.3, 0.4) is 0 Å². The Labute approximate surface area is 186 Å². The molecular weight excluding hydrogens is 470 g/mol. The van der Waals surface area contributed by atoms with Gasteiger partial charge in [-0.1, -0.05) is 36.4 Å². The molecule has 31 heavy (non-hydrogen) atoms. The summed E-state index contributed by atoms with van der Waals surface area (Å²) in [5.74, 6) is -0.589. The van der Waals surface area contributed by atoms with Crippen LogP contribution in [0.15, 0.2) is 77.3 Å². The minimum absolute atomic E-state index is 0.0489. The van der Waals surface area contributed by atoms with E-state index in [2.05, 4.69) is 26.0 Å². The van der Waals surface area contributed by atoms with Gasteiger partial charge in [0.2, 0.25) is 0 Å². The van der Waals surface area contributed by atoms with Crippen LogP contribution >= 0.6 is 15.9 Å². The zero-order valence-electron chi connectivity index (χ0n) is 16.5. The topological polar surface area (TPSA) is 58.6 Å². The molecule has 0 saturated heterocycles. The first-order valence-corrected chi connectivity index (χ1v) is 10.1. The molecule has 3 rings (SSSR count). The van der Waals surface area contributed by atoms with Gasteiger partial charge in [-0.3, -0.25) is 9.59 Å². The van der Waals surface area contributed by atoms with Crippen LogP contribution in [0.2, 0.25) is 0 Å². The van der Waals surface area contributed by atoms with Crippen LogP contribution in [0.5, 0.6) is 5.75 Å². The van der Waals surface area contributed by atoms with Gasteiger partial charge < -0.3 is 15.0 Å². The second kappa shape index (κ2) is 10.2. The van der Waals surface area contributed by atoms with Crippen LogP contribution in [0.25, 0.3) is 0 Å². The average Bonchev–Trinajstić information content (AvgIpc) is 2.75. The number of carbonyl (C=O) groups excluding carboxylic acids is 2. The molecule has 5 nitrogen and oxygen atoms in total. The van der Waals surface area contributed by atoms with Gasteiger partial charge in [-0.25, -0.2) is 0 Å². The Morgan fingerprint density at radius 2 is 1.58 bits per heavy atom. The fraction of sp³-hybridized carbons (Fsp3) is 0.130. The van der Waals surface area contributed by atoms with Crippen molar-refractivity contribution in [1.29, 1.82) is 0 Å². The lowest BCUT2D eigenvalue weighted by Crippen LogP contribution is -2.27. The molecule has 0 fully saturated rings. The normalized spacial score (nSPS) is 10.6. The standard InChI is InChI=1S/C23H19BrF2N2O3/c1-28(14-15-10-12-16(13-11-15)31-23(25)26)22(30)18-7-3-5-9-20(18)27-21(29)17-6-2-4-8-19(17)24/h2-13,23H,14H2,1H3,(H,27,29). The summed E-state index contributed by atoms with van der Waals surface area (Å²) in [6.07, 6.45) is 0. The average molecular weight is 489 g/mol. The van der Waals surface area contributed by atoms with E-state index in [0.29, 0.717) is 21.3 Å². The number of hydrogen-bond donors (Lipinski definition) is 1. The Kier molecular flexibility index (Phi) is 7.36. The Balaban J connectivity index is 1.73. The van der Waals surface area contributed by atoms with Gasteiger partial charge in [-0.15, -0.1) is 0 Å². The highest BCUT2D eigenvalue weighted by Gasteiger charge is 2.18. The predicted molar refractivity (Wildman–Crippen MR) is 117 cm³/mol. The van der Waals surface area contributed by atoms with Gasteiger partial charge in [0, 0.05) is 18.1 Å². The van der Waals surface area contributed by atoms with Crippen molar-refractivity contribution in [3.63, 3.8) is 0 Å². The summed E-state index contributed by atoms with van der Waals surface area (Å²) < 4.78 is 29.5. The Morgan fingerprint density at radius 1 is 0.968 bits per heavy atom. The fourth-order valence-corrected chi connectivity index (χ4v) is 3.41. The second-order valence-electron chi connectivity index (χ2n) is 6.66. The van der Waals surface area contributed by atoms with E-state index in [1.54, 1.807) is 67.7 Å². The summed E-state index contributed by atoms with van der Waals surface area (Å²) in [4.78, 5) is 27.1. The number of rotatable bonds is 7. The number of nitrogens with one attached hydrogen (secondary N) is 1. The van der Waals surface area contributed by atoms with Crippen LogP contribution in [0.4, 0.5) is 14.5 Å². The van der Waals surface area contributed by atoms with E-state index >= 15 is 0 Å². The molecule has 160 valence electrons. The van der Waals surface area contributed by atoms with E-state index in [-0.39, 0.29) is 24.1 Å². The molecule has 0 aliphatic rings. The quantitative estimate of drug-likeness (QED) is 0.472. The number of halogens is 3. The number of benzene rings is 3. The van der Waals surface area contributed by atoms with Crippen molar-refractivity contribution in [1.82, 2.24) is 4.90 Å². The molecule has 3 aromatic rings. The molecule has 0 bridgehead atoms. The number of para-hydroxylation sites is 1. The maximum absolute atomic E-state index is 13.0. The first-order valence-electron chi connectivity index (χ1n) is 9.29. The molecule has 8 heteroatoms. The molecule has 1 N–H and O–H groups in total. The van der Waals surface area contributed by atoms with E-state index in [0.717, 1.165) is 5.56 Å². The van der Waals surface area contributed by atoms with Crippen molar-refractivity contribution in [2.75, 3.05) is 12.4 Å². The van der Waals surface area contributed by atoms with Gasteiger partial charge in [0.25, 0.3) is 11.8 Å². The van der Waals surface area contributed by atoms with Crippen molar-refractivity contribution in [2.45, 2.75) is 13.2 Å². The lowest BCUT2D eigenvalue weighted by Gasteiger charge is -2.20. The minimum atomic E-state index is -2.89. The third-order valence-electron chi connectivity index (χ3n) is 4.44. The molecule has 0 saturated carbocycles. The van der Waals surface area contributed by atoms with E-state index in [1.807, 2.05) is 0 Å². The molecule has 0 unspecified atom stereocenters. The SMILES string of the molecule is CN(Cc1ccc(OC(F)F)cc1)C(=O)c1ccccc1NC(=O)c1ccccc1Br. The molecule has 3 aromatic carbocycles. The molecule has 0 aromatic heterocycles. The smallest absolute Gasteiger partial charge is 0.387 e. The summed E-state index contributed by atoms with van der Waals surface area (Å²) in [7, 11) is 1.62. The number of amides is 2. The number of anilines is 1. The maximum atomic E-state index is 13.0. The molecule has 0 spiro atoms. The highest BCUT2D eigenvalue weighted by Crippen LogP contribution is 2.22. The molecule has 2 amide bonds. The third-order valence-corrected chi connectivity index (χ3v) is 5.13. The minimum Gasteiger partial charge on any atom is -0.435 e. The summed E-state index contributed by atoms with van der Waals surface area (Å²) in [5.41, 5.74) is 1.92. The van der Waals surface area contributed by atoms with E-state index in [1.165, 1.54) is 17.0 Å². The second-order valence-corrected chi connectivity index (χ2v) is 7.52. The van der Waals surface area contributed by atoms with Crippen molar-refractivity contribution in [2.24, 2.45) is 0 Å². The fourth-order valence-electron chi connectivity index (χ4n) is 2.94. The molecule has 0 heterocycles. The first kappa shape index (κ1) is 22.4. The highest BCUT2D eigenvalue weighted by molar-refractivity contribution is 9.10. The van der Waals surface area contributed by atoms with E-state index in [4.69, 9.17) is 0 Å². The number of hydrogen-bond acceptors (Lipinski definition) is 3. The van der Waals surface area contributed by atoms with Gasteiger partial charge in [0.05, 0.1) is 16.8 Å². The zero-order valence-corrected chi connectivity index (χ0v) is 18.1. The zero-order chi connectivity index (χ0) is 22.4. The predicted octanol–water partition coefficient (Wildman–Crippen LogP) is 5.58. The molecule has 0 aliphatic carbocycles. The van der Waals surface area contributed by atoms with Crippen molar-refractivity contribution >= 4 is 33.4 Å². The monoisotopic (exact) mass is 488 g/mol. The Bertz CT molecular complexity index is 1070. The largest absolute Gasteiger partial charge is 0.435 e. The van der Waals surface area contributed by atoms with Gasteiger partial charge in [-0.05, 0) is 57.9 Å². The first-order chi connectivity index (χ1) is 14.8. The van der Waals surface area contributed by atoms with E-state index < -0.39 is 6.61 Å². The number of ether oxygens (including phenoxy) is 1. The Hall–Kier alpha value is -3.26.